The summed E-state index contributed by atoms with van der Waals surface area (Å²) in [7, 11) is 0. The van der Waals surface area contributed by atoms with Crippen LogP contribution in [0, 0.1) is 24.0 Å². The van der Waals surface area contributed by atoms with Crippen molar-refractivity contribution in [2.75, 3.05) is 5.01 Å². The first-order chi connectivity index (χ1) is 11.4. The van der Waals surface area contributed by atoms with E-state index in [1.54, 1.807) is 22.9 Å². The Kier molecular flexibility index (Phi) is 4.25. The van der Waals surface area contributed by atoms with Crippen LogP contribution in [-0.4, -0.2) is 19.8 Å². The molecule has 0 radical (unpaired) electrons. The van der Waals surface area contributed by atoms with Gasteiger partial charge in [0.2, 0.25) is 0 Å². The number of carbonyl (C=O) groups excluding carboxylic acids is 1. The summed E-state index contributed by atoms with van der Waals surface area (Å²) in [5.41, 5.74) is 2.10. The number of aryl methyl sites for hydroxylation is 2. The van der Waals surface area contributed by atoms with E-state index in [4.69, 9.17) is 12.2 Å². The number of thiocarbonyl (C=S) groups is 1. The largest absolute Gasteiger partial charge is 0.285 e. The Morgan fingerprint density at radius 1 is 1.17 bits per heavy atom. The lowest BCUT2D eigenvalue weighted by Gasteiger charge is -2.20. The maximum absolute atomic E-state index is 12.8. The average Bonchev–Trinajstić information content (AvgIpc) is 2.99. The summed E-state index contributed by atoms with van der Waals surface area (Å²) in [6, 6.07) is 10.1. The summed E-state index contributed by atoms with van der Waals surface area (Å²) in [5, 5.41) is 12.5. The quantitative estimate of drug-likeness (QED) is 0.363. The number of amides is 1. The van der Waals surface area contributed by atoms with Gasteiger partial charge in [-0.3, -0.25) is 19.6 Å². The molecular formula is C16H13N3O3S2. The number of aromatic nitrogens is 1. The fourth-order valence-corrected chi connectivity index (χ4v) is 3.76. The lowest BCUT2D eigenvalue weighted by Crippen LogP contribution is -2.39. The zero-order valence-corrected chi connectivity index (χ0v) is 14.6. The number of nitro groups is 1. The second-order valence-electron chi connectivity index (χ2n) is 5.24. The highest BCUT2D eigenvalue weighted by Gasteiger charge is 2.35. The predicted molar refractivity (Wildman–Crippen MR) is 98.4 cm³/mol. The zero-order valence-electron chi connectivity index (χ0n) is 12.9. The van der Waals surface area contributed by atoms with Gasteiger partial charge in [0.05, 0.1) is 15.4 Å². The zero-order chi connectivity index (χ0) is 17.4. The lowest BCUT2D eigenvalue weighted by atomic mass is 10.1. The van der Waals surface area contributed by atoms with Gasteiger partial charge in [-0.15, -0.1) is 0 Å². The van der Waals surface area contributed by atoms with E-state index in [9.17, 15) is 14.9 Å². The highest BCUT2D eigenvalue weighted by Crippen LogP contribution is 2.34. The summed E-state index contributed by atoms with van der Waals surface area (Å²) in [4.78, 5) is 23.8. The molecule has 0 N–H and O–H groups in total. The minimum absolute atomic E-state index is 0.0453. The molecule has 1 aliphatic rings. The maximum atomic E-state index is 12.8. The van der Waals surface area contributed by atoms with Crippen molar-refractivity contribution in [2.24, 2.45) is 0 Å². The van der Waals surface area contributed by atoms with Crippen LogP contribution in [0.1, 0.15) is 17.0 Å². The van der Waals surface area contributed by atoms with Crippen molar-refractivity contribution in [3.05, 3.63) is 68.4 Å². The number of benzene rings is 1. The Balaban J connectivity index is 2.03. The Morgan fingerprint density at radius 3 is 2.42 bits per heavy atom. The molecule has 0 bridgehead atoms. The predicted octanol–water partition coefficient (Wildman–Crippen LogP) is 3.55. The molecular weight excluding hydrogens is 346 g/mol. The van der Waals surface area contributed by atoms with E-state index >= 15 is 0 Å². The smallest absolute Gasteiger partial charge is 0.266 e. The highest BCUT2D eigenvalue weighted by atomic mass is 32.2. The summed E-state index contributed by atoms with van der Waals surface area (Å²) in [6.07, 6.45) is 1.52. The van der Waals surface area contributed by atoms with Gasteiger partial charge in [0.1, 0.15) is 0 Å². The third-order valence-corrected chi connectivity index (χ3v) is 4.91. The Bertz CT molecular complexity index is 882. The van der Waals surface area contributed by atoms with Crippen LogP contribution < -0.4 is 5.01 Å². The van der Waals surface area contributed by atoms with Crippen LogP contribution in [-0.2, 0) is 4.79 Å². The number of hydrogen-bond donors (Lipinski definition) is 0. The van der Waals surface area contributed by atoms with Crippen LogP contribution in [0.25, 0.3) is 6.08 Å². The number of para-hydroxylation sites is 1. The second-order valence-corrected chi connectivity index (χ2v) is 6.91. The van der Waals surface area contributed by atoms with Crippen LogP contribution in [0.2, 0.25) is 0 Å². The molecule has 3 rings (SSSR count). The van der Waals surface area contributed by atoms with Crippen molar-refractivity contribution in [1.29, 1.82) is 0 Å². The van der Waals surface area contributed by atoms with Crippen molar-refractivity contribution < 1.29 is 9.72 Å². The Hall–Kier alpha value is -2.45. The van der Waals surface area contributed by atoms with Gasteiger partial charge >= 0.3 is 0 Å². The second kappa shape index (κ2) is 6.21. The minimum atomic E-state index is -0.465. The molecule has 0 unspecified atom stereocenters. The number of rotatable bonds is 3. The number of hydrogen-bond acceptors (Lipinski definition) is 5. The highest BCUT2D eigenvalue weighted by molar-refractivity contribution is 8.27. The van der Waals surface area contributed by atoms with E-state index in [0.29, 0.717) is 14.8 Å². The molecule has 0 saturated carbocycles. The molecule has 1 amide bonds. The van der Waals surface area contributed by atoms with Gasteiger partial charge in [0.15, 0.2) is 4.32 Å². The summed E-state index contributed by atoms with van der Waals surface area (Å²) < 4.78 is 2.14. The maximum Gasteiger partial charge on any atom is 0.285 e. The van der Waals surface area contributed by atoms with E-state index in [2.05, 4.69) is 0 Å². The fourth-order valence-electron chi connectivity index (χ4n) is 2.53. The van der Waals surface area contributed by atoms with Crippen LogP contribution in [0.15, 0.2) is 41.3 Å². The average molecular weight is 359 g/mol. The summed E-state index contributed by atoms with van der Waals surface area (Å²) >= 11 is 6.47. The van der Waals surface area contributed by atoms with Gasteiger partial charge in [-0.05, 0) is 50.3 Å². The molecule has 6 nitrogen and oxygen atoms in total. The topological polar surface area (TPSA) is 68.4 Å². The Labute approximate surface area is 147 Å². The molecule has 2 aromatic rings. The first kappa shape index (κ1) is 16.4. The molecule has 0 atom stereocenters. The normalized spacial score (nSPS) is 16.2. The molecule has 1 aromatic carbocycles. The Morgan fingerprint density at radius 2 is 1.79 bits per heavy atom. The molecule has 1 aliphatic heterocycles. The molecule has 0 aliphatic carbocycles. The van der Waals surface area contributed by atoms with Crippen molar-refractivity contribution in [1.82, 2.24) is 4.68 Å². The minimum Gasteiger partial charge on any atom is -0.266 e. The number of nitrogens with zero attached hydrogens (tertiary/aromatic N) is 3. The third kappa shape index (κ3) is 2.74. The van der Waals surface area contributed by atoms with Gasteiger partial charge in [0, 0.05) is 17.5 Å². The fraction of sp³-hybridized carbons (Fsp3) is 0.125. The third-order valence-electron chi connectivity index (χ3n) is 3.63. The van der Waals surface area contributed by atoms with Crippen molar-refractivity contribution in [3.8, 4) is 0 Å². The monoisotopic (exact) mass is 359 g/mol. The first-order valence-corrected chi connectivity index (χ1v) is 8.29. The molecule has 1 saturated heterocycles. The van der Waals surface area contributed by atoms with Gasteiger partial charge in [-0.1, -0.05) is 23.9 Å². The van der Waals surface area contributed by atoms with Crippen molar-refractivity contribution >= 4 is 46.0 Å². The number of carbonyl (C=O) groups is 1. The standard InChI is InChI=1S/C16H13N3O3S2/c1-10-7-8-11(2)17(10)18-15(20)14(24-16(18)23)9-12-5-3-4-6-13(12)19(21)22/h3-9H,1-2H3/b14-9+. The van der Waals surface area contributed by atoms with E-state index in [-0.39, 0.29) is 11.6 Å². The van der Waals surface area contributed by atoms with Crippen molar-refractivity contribution in [2.45, 2.75) is 13.8 Å². The molecule has 24 heavy (non-hydrogen) atoms. The van der Waals surface area contributed by atoms with Crippen LogP contribution in [0.3, 0.4) is 0 Å². The number of nitro benzene ring substituents is 1. The molecule has 1 fully saturated rings. The van der Waals surface area contributed by atoms with E-state index in [1.165, 1.54) is 17.2 Å². The van der Waals surface area contributed by atoms with Crippen LogP contribution >= 0.6 is 24.0 Å². The summed E-state index contributed by atoms with van der Waals surface area (Å²) in [6.45, 7) is 3.77. The van der Waals surface area contributed by atoms with Gasteiger partial charge in [-0.25, -0.2) is 0 Å². The molecule has 2 heterocycles. The first-order valence-electron chi connectivity index (χ1n) is 7.07. The summed E-state index contributed by atoms with van der Waals surface area (Å²) in [5.74, 6) is -0.287. The number of thioether (sulfide) groups is 1. The van der Waals surface area contributed by atoms with Crippen molar-refractivity contribution in [3.63, 3.8) is 0 Å². The molecule has 1 aromatic heterocycles. The van der Waals surface area contributed by atoms with E-state index in [0.717, 1.165) is 23.1 Å². The van der Waals surface area contributed by atoms with E-state index in [1.807, 2.05) is 26.0 Å². The SMILES string of the molecule is Cc1ccc(C)n1N1C(=O)/C(=C\c2ccccc2[N+](=O)[O-])SC1=S. The lowest BCUT2D eigenvalue weighted by molar-refractivity contribution is -0.385. The molecule has 8 heteroatoms. The van der Waals surface area contributed by atoms with Gasteiger partial charge in [-0.2, -0.15) is 5.01 Å². The van der Waals surface area contributed by atoms with Gasteiger partial charge in [0.25, 0.3) is 11.6 Å². The van der Waals surface area contributed by atoms with Crippen LogP contribution in [0.5, 0.6) is 0 Å². The molecule has 0 spiro atoms. The van der Waals surface area contributed by atoms with E-state index < -0.39 is 4.92 Å². The molecule has 122 valence electrons. The van der Waals surface area contributed by atoms with Gasteiger partial charge < -0.3 is 0 Å². The van der Waals surface area contributed by atoms with Crippen LogP contribution in [0.4, 0.5) is 5.69 Å².